The van der Waals surface area contributed by atoms with Crippen LogP contribution in [-0.2, 0) is 4.79 Å². The van der Waals surface area contributed by atoms with E-state index in [1.54, 1.807) is 54.6 Å². The van der Waals surface area contributed by atoms with Crippen LogP contribution in [0.15, 0.2) is 77.2 Å². The zero-order valence-corrected chi connectivity index (χ0v) is 18.4. The second-order valence-electron chi connectivity index (χ2n) is 7.36. The highest BCUT2D eigenvalue weighted by Gasteiger charge is 2.22. The average molecular weight is 444 g/mol. The third kappa shape index (κ3) is 5.33. The average Bonchev–Trinajstić information content (AvgIpc) is 3.19. The molecule has 3 aromatic carbocycles. The number of para-hydroxylation sites is 1. The number of carbonyl (C=O) groups excluding carboxylic acids is 2. The van der Waals surface area contributed by atoms with Gasteiger partial charge in [0.15, 0.2) is 6.61 Å². The Morgan fingerprint density at radius 1 is 0.848 bits per heavy atom. The molecule has 0 spiro atoms. The van der Waals surface area contributed by atoms with Gasteiger partial charge in [-0.25, -0.2) is 0 Å². The van der Waals surface area contributed by atoms with Crippen molar-refractivity contribution in [2.75, 3.05) is 23.8 Å². The molecule has 1 heterocycles. The maximum Gasteiger partial charge on any atom is 0.293 e. The lowest BCUT2D eigenvalue weighted by Gasteiger charge is -2.09. The van der Waals surface area contributed by atoms with Gasteiger partial charge in [-0.3, -0.25) is 9.59 Å². The largest absolute Gasteiger partial charge is 0.494 e. The minimum absolute atomic E-state index is 0.00812. The summed E-state index contributed by atoms with van der Waals surface area (Å²) in [6.45, 7) is 4.23. The Hall–Kier alpha value is -4.26. The van der Waals surface area contributed by atoms with E-state index in [-0.39, 0.29) is 12.4 Å². The molecular formula is C26H24N2O5. The van der Waals surface area contributed by atoms with E-state index in [0.717, 1.165) is 5.56 Å². The molecule has 0 radical (unpaired) electrons. The molecule has 7 nitrogen and oxygen atoms in total. The highest BCUT2D eigenvalue weighted by atomic mass is 16.5. The molecule has 0 atom stereocenters. The van der Waals surface area contributed by atoms with Gasteiger partial charge in [-0.05, 0) is 62.4 Å². The summed E-state index contributed by atoms with van der Waals surface area (Å²) in [6.07, 6.45) is 0. The SMILES string of the molecule is CCOc1ccc(NC(=O)c2oc3ccccc3c2NC(=O)COc2ccc(C)cc2)cc1. The van der Waals surface area contributed by atoms with Crippen molar-refractivity contribution >= 4 is 34.2 Å². The smallest absolute Gasteiger partial charge is 0.293 e. The standard InChI is InChI=1S/C26H24N2O5/c1-3-31-19-14-10-18(11-15-19)27-26(30)25-24(21-6-4-5-7-22(21)33-25)28-23(29)16-32-20-12-8-17(2)9-13-20/h4-15H,3,16H2,1-2H3,(H,27,30)(H,28,29). The molecule has 0 fully saturated rings. The molecule has 0 unspecified atom stereocenters. The van der Waals surface area contributed by atoms with E-state index in [9.17, 15) is 9.59 Å². The molecule has 0 saturated heterocycles. The van der Waals surface area contributed by atoms with Gasteiger partial charge in [0, 0.05) is 11.1 Å². The fourth-order valence-corrected chi connectivity index (χ4v) is 3.28. The first kappa shape index (κ1) is 22.0. The van der Waals surface area contributed by atoms with Gasteiger partial charge in [-0.1, -0.05) is 29.8 Å². The Balaban J connectivity index is 1.51. The van der Waals surface area contributed by atoms with E-state index in [0.29, 0.717) is 40.4 Å². The number of hydrogen-bond acceptors (Lipinski definition) is 5. The lowest BCUT2D eigenvalue weighted by Crippen LogP contribution is -2.22. The predicted molar refractivity (Wildman–Crippen MR) is 127 cm³/mol. The number of fused-ring (bicyclic) bond motifs is 1. The van der Waals surface area contributed by atoms with Gasteiger partial charge in [0.25, 0.3) is 11.8 Å². The van der Waals surface area contributed by atoms with E-state index in [1.807, 2.05) is 32.0 Å². The summed E-state index contributed by atoms with van der Waals surface area (Å²) in [6, 6.07) is 21.5. The maximum absolute atomic E-state index is 13.0. The fraction of sp³-hybridized carbons (Fsp3) is 0.154. The number of ether oxygens (including phenoxy) is 2. The number of hydrogen-bond donors (Lipinski definition) is 2. The summed E-state index contributed by atoms with van der Waals surface area (Å²) in [5, 5.41) is 6.19. The summed E-state index contributed by atoms with van der Waals surface area (Å²) in [5.41, 5.74) is 2.46. The van der Waals surface area contributed by atoms with Gasteiger partial charge in [0.05, 0.1) is 6.61 Å². The number of carbonyl (C=O) groups is 2. The number of nitrogens with one attached hydrogen (secondary N) is 2. The second kappa shape index (κ2) is 9.91. The Bertz CT molecular complexity index is 1260. The minimum Gasteiger partial charge on any atom is -0.494 e. The number of benzene rings is 3. The van der Waals surface area contributed by atoms with E-state index >= 15 is 0 Å². The summed E-state index contributed by atoms with van der Waals surface area (Å²) in [4.78, 5) is 25.6. The molecule has 0 aliphatic heterocycles. The molecule has 0 aliphatic carbocycles. The lowest BCUT2D eigenvalue weighted by atomic mass is 10.2. The van der Waals surface area contributed by atoms with Gasteiger partial charge < -0.3 is 24.5 Å². The number of amides is 2. The van der Waals surface area contributed by atoms with Gasteiger partial charge in [0.2, 0.25) is 5.76 Å². The second-order valence-corrected chi connectivity index (χ2v) is 7.36. The Kier molecular flexibility index (Phi) is 6.59. The quantitative estimate of drug-likeness (QED) is 0.379. The van der Waals surface area contributed by atoms with Crippen molar-refractivity contribution in [3.05, 3.63) is 84.1 Å². The van der Waals surface area contributed by atoms with E-state index in [4.69, 9.17) is 13.9 Å². The molecule has 0 aliphatic rings. The lowest BCUT2D eigenvalue weighted by molar-refractivity contribution is -0.118. The van der Waals surface area contributed by atoms with Crippen molar-refractivity contribution < 1.29 is 23.5 Å². The highest BCUT2D eigenvalue weighted by Crippen LogP contribution is 2.31. The Morgan fingerprint density at radius 2 is 1.52 bits per heavy atom. The molecule has 1 aromatic heterocycles. The van der Waals surface area contributed by atoms with Gasteiger partial charge in [-0.15, -0.1) is 0 Å². The predicted octanol–water partition coefficient (Wildman–Crippen LogP) is 5.41. The van der Waals surface area contributed by atoms with Crippen LogP contribution in [0.4, 0.5) is 11.4 Å². The van der Waals surface area contributed by atoms with Gasteiger partial charge in [-0.2, -0.15) is 0 Å². The van der Waals surface area contributed by atoms with Crippen LogP contribution < -0.4 is 20.1 Å². The van der Waals surface area contributed by atoms with Crippen molar-refractivity contribution in [3.8, 4) is 11.5 Å². The fourth-order valence-electron chi connectivity index (χ4n) is 3.28. The van der Waals surface area contributed by atoms with Crippen LogP contribution in [0.5, 0.6) is 11.5 Å². The monoisotopic (exact) mass is 444 g/mol. The summed E-state index contributed by atoms with van der Waals surface area (Å²) in [5.74, 6) is 0.415. The third-order valence-electron chi connectivity index (χ3n) is 4.88. The Labute approximate surface area is 191 Å². The van der Waals surface area contributed by atoms with E-state index in [2.05, 4.69) is 10.6 Å². The first-order valence-corrected chi connectivity index (χ1v) is 10.6. The summed E-state index contributed by atoms with van der Waals surface area (Å²) in [7, 11) is 0. The maximum atomic E-state index is 13.0. The van der Waals surface area contributed by atoms with Crippen molar-refractivity contribution in [2.24, 2.45) is 0 Å². The number of anilines is 2. The zero-order chi connectivity index (χ0) is 23.2. The molecule has 33 heavy (non-hydrogen) atoms. The van der Waals surface area contributed by atoms with Gasteiger partial charge in [0.1, 0.15) is 22.8 Å². The third-order valence-corrected chi connectivity index (χ3v) is 4.88. The van der Waals surface area contributed by atoms with Crippen LogP contribution in [-0.4, -0.2) is 25.0 Å². The molecule has 168 valence electrons. The molecule has 0 bridgehead atoms. The van der Waals surface area contributed by atoms with Crippen LogP contribution in [0, 0.1) is 6.92 Å². The van der Waals surface area contributed by atoms with E-state index < -0.39 is 11.8 Å². The number of aryl methyl sites for hydroxylation is 1. The summed E-state index contributed by atoms with van der Waals surface area (Å²) < 4.78 is 16.8. The zero-order valence-electron chi connectivity index (χ0n) is 18.4. The van der Waals surface area contributed by atoms with Crippen LogP contribution in [0.1, 0.15) is 23.0 Å². The molecular weight excluding hydrogens is 420 g/mol. The van der Waals surface area contributed by atoms with Crippen molar-refractivity contribution in [1.82, 2.24) is 0 Å². The first-order valence-electron chi connectivity index (χ1n) is 10.6. The topological polar surface area (TPSA) is 89.8 Å². The van der Waals surface area contributed by atoms with Crippen LogP contribution in [0.25, 0.3) is 11.0 Å². The van der Waals surface area contributed by atoms with Gasteiger partial charge >= 0.3 is 0 Å². The molecule has 4 aromatic rings. The van der Waals surface area contributed by atoms with Crippen LogP contribution in [0.3, 0.4) is 0 Å². The van der Waals surface area contributed by atoms with E-state index in [1.165, 1.54) is 0 Å². The number of rotatable bonds is 8. The normalized spacial score (nSPS) is 10.6. The van der Waals surface area contributed by atoms with Crippen LogP contribution >= 0.6 is 0 Å². The minimum atomic E-state index is -0.481. The Morgan fingerprint density at radius 3 is 2.24 bits per heavy atom. The highest BCUT2D eigenvalue weighted by molar-refractivity contribution is 6.14. The molecule has 2 amide bonds. The van der Waals surface area contributed by atoms with Crippen molar-refractivity contribution in [1.29, 1.82) is 0 Å². The summed E-state index contributed by atoms with van der Waals surface area (Å²) >= 11 is 0. The molecule has 2 N–H and O–H groups in total. The van der Waals surface area contributed by atoms with Crippen molar-refractivity contribution in [3.63, 3.8) is 0 Å². The first-order chi connectivity index (χ1) is 16.0. The molecule has 0 saturated carbocycles. The number of furan rings is 1. The van der Waals surface area contributed by atoms with Crippen molar-refractivity contribution in [2.45, 2.75) is 13.8 Å². The van der Waals surface area contributed by atoms with Crippen LogP contribution in [0.2, 0.25) is 0 Å². The molecule has 7 heteroatoms. The molecule has 4 rings (SSSR count).